The Hall–Kier alpha value is -0.910. The van der Waals surface area contributed by atoms with E-state index in [1.54, 1.807) is 26.4 Å². The van der Waals surface area contributed by atoms with E-state index >= 15 is 0 Å². The number of rotatable bonds is 6. The second-order valence-corrected chi connectivity index (χ2v) is 5.20. The third-order valence-electron chi connectivity index (χ3n) is 2.65. The highest BCUT2D eigenvalue weighted by atomic mass is 79.9. The van der Waals surface area contributed by atoms with Crippen LogP contribution < -0.4 is 5.32 Å². The molecule has 1 aromatic rings. The molecular weight excluding hydrogens is 298 g/mol. The third-order valence-corrected chi connectivity index (χ3v) is 3.15. The molecule has 1 atom stereocenters. The van der Waals surface area contributed by atoms with Gasteiger partial charge in [-0.05, 0) is 25.1 Å². The molecule has 18 heavy (non-hydrogen) atoms. The first-order valence-electron chi connectivity index (χ1n) is 5.58. The monoisotopic (exact) mass is 315 g/mol. The summed E-state index contributed by atoms with van der Waals surface area (Å²) in [5.41, 5.74) is 0.0939. The van der Waals surface area contributed by atoms with E-state index in [0.717, 1.165) is 4.47 Å². The van der Waals surface area contributed by atoms with Crippen LogP contribution in [0.3, 0.4) is 0 Å². The molecule has 0 saturated carbocycles. The summed E-state index contributed by atoms with van der Waals surface area (Å²) in [7, 11) is 3.21. The fraction of sp³-hybridized carbons (Fsp3) is 0.462. The van der Waals surface area contributed by atoms with Crippen molar-refractivity contribution in [1.29, 1.82) is 0 Å². The molecule has 0 fully saturated rings. The van der Waals surface area contributed by atoms with Crippen molar-refractivity contribution in [2.75, 3.05) is 27.4 Å². The van der Waals surface area contributed by atoms with Crippen LogP contribution in [0.1, 0.15) is 17.3 Å². The molecule has 5 heteroatoms. The first-order chi connectivity index (χ1) is 8.50. The highest BCUT2D eigenvalue weighted by Crippen LogP contribution is 2.12. The molecule has 1 aromatic carbocycles. The van der Waals surface area contributed by atoms with Crippen molar-refractivity contribution in [1.82, 2.24) is 5.32 Å². The minimum Gasteiger partial charge on any atom is -0.382 e. The van der Waals surface area contributed by atoms with Gasteiger partial charge in [-0.2, -0.15) is 0 Å². The Morgan fingerprint density at radius 2 is 2.17 bits per heavy atom. The molecule has 4 nitrogen and oxygen atoms in total. The number of nitrogens with one attached hydrogen (secondary N) is 1. The van der Waals surface area contributed by atoms with Gasteiger partial charge < -0.3 is 14.8 Å². The zero-order valence-corrected chi connectivity index (χ0v) is 12.4. The fourth-order valence-corrected chi connectivity index (χ4v) is 1.89. The molecule has 1 amide bonds. The quantitative estimate of drug-likeness (QED) is 0.875. The third kappa shape index (κ3) is 4.40. The Kier molecular flexibility index (Phi) is 5.78. The van der Waals surface area contributed by atoms with E-state index in [4.69, 9.17) is 9.47 Å². The van der Waals surface area contributed by atoms with E-state index in [9.17, 15) is 4.79 Å². The number of halogens is 1. The number of benzene rings is 1. The zero-order valence-electron chi connectivity index (χ0n) is 10.8. The average Bonchev–Trinajstić information content (AvgIpc) is 2.36. The predicted molar refractivity (Wildman–Crippen MR) is 73.8 cm³/mol. The number of methoxy groups -OCH3 is 2. The standard InChI is InChI=1S/C13H18BrNO3/c1-13(18-3,9-17-2)8-15-12(16)10-5-4-6-11(14)7-10/h4-7H,8-9H2,1-3H3,(H,15,16)/t13-/m0/s1. The van der Waals surface area contributed by atoms with Crippen LogP contribution >= 0.6 is 15.9 Å². The Balaban J connectivity index is 2.60. The van der Waals surface area contributed by atoms with Gasteiger partial charge in [0.15, 0.2) is 0 Å². The molecule has 0 aromatic heterocycles. The highest BCUT2D eigenvalue weighted by molar-refractivity contribution is 9.10. The average molecular weight is 316 g/mol. The molecule has 0 aliphatic rings. The minimum atomic E-state index is -0.517. The molecule has 1 N–H and O–H groups in total. The molecule has 0 unspecified atom stereocenters. The SMILES string of the molecule is COC[C@](C)(CNC(=O)c1cccc(Br)c1)OC. The molecule has 0 heterocycles. The largest absolute Gasteiger partial charge is 0.382 e. The van der Waals surface area contributed by atoms with Crippen molar-refractivity contribution >= 4 is 21.8 Å². The Morgan fingerprint density at radius 1 is 1.44 bits per heavy atom. The molecular formula is C13H18BrNO3. The van der Waals surface area contributed by atoms with Gasteiger partial charge in [0.2, 0.25) is 0 Å². The summed E-state index contributed by atoms with van der Waals surface area (Å²) in [6, 6.07) is 7.24. The molecule has 100 valence electrons. The van der Waals surface area contributed by atoms with Crippen molar-refractivity contribution in [3.8, 4) is 0 Å². The highest BCUT2D eigenvalue weighted by Gasteiger charge is 2.24. The van der Waals surface area contributed by atoms with Crippen molar-refractivity contribution in [2.45, 2.75) is 12.5 Å². The van der Waals surface area contributed by atoms with Crippen LogP contribution in [-0.4, -0.2) is 38.9 Å². The van der Waals surface area contributed by atoms with Gasteiger partial charge in [-0.25, -0.2) is 0 Å². The van der Waals surface area contributed by atoms with Crippen LogP contribution in [0.5, 0.6) is 0 Å². The van der Waals surface area contributed by atoms with Gasteiger partial charge in [-0.1, -0.05) is 22.0 Å². The number of hydrogen-bond donors (Lipinski definition) is 1. The Morgan fingerprint density at radius 3 is 2.72 bits per heavy atom. The molecule has 0 radical (unpaired) electrons. The fourth-order valence-electron chi connectivity index (χ4n) is 1.49. The topological polar surface area (TPSA) is 47.6 Å². The first kappa shape index (κ1) is 15.1. The van der Waals surface area contributed by atoms with Crippen molar-refractivity contribution in [2.24, 2.45) is 0 Å². The second kappa shape index (κ2) is 6.87. The van der Waals surface area contributed by atoms with Gasteiger partial charge >= 0.3 is 0 Å². The van der Waals surface area contributed by atoms with Gasteiger partial charge in [0, 0.05) is 30.8 Å². The summed E-state index contributed by atoms with van der Waals surface area (Å²) in [5.74, 6) is -0.129. The van der Waals surface area contributed by atoms with Gasteiger partial charge in [-0.15, -0.1) is 0 Å². The molecule has 0 saturated heterocycles. The molecule has 0 bridgehead atoms. The maximum Gasteiger partial charge on any atom is 0.251 e. The van der Waals surface area contributed by atoms with Gasteiger partial charge in [0.25, 0.3) is 5.91 Å². The summed E-state index contributed by atoms with van der Waals surface area (Å²) in [6.45, 7) is 2.70. The number of amides is 1. The predicted octanol–water partition coefficient (Wildman–Crippen LogP) is 2.23. The molecule has 0 spiro atoms. The van der Waals surface area contributed by atoms with Crippen LogP contribution in [0.25, 0.3) is 0 Å². The van der Waals surface area contributed by atoms with Crippen LogP contribution in [0.15, 0.2) is 28.7 Å². The zero-order chi connectivity index (χ0) is 13.6. The maximum absolute atomic E-state index is 11.9. The number of hydrogen-bond acceptors (Lipinski definition) is 3. The molecule has 0 aliphatic heterocycles. The summed E-state index contributed by atoms with van der Waals surface area (Å²) in [6.07, 6.45) is 0. The van der Waals surface area contributed by atoms with Crippen LogP contribution in [0.2, 0.25) is 0 Å². The molecule has 1 rings (SSSR count). The lowest BCUT2D eigenvalue weighted by Crippen LogP contribution is -2.45. The van der Waals surface area contributed by atoms with Crippen molar-refractivity contribution < 1.29 is 14.3 Å². The van der Waals surface area contributed by atoms with Crippen molar-refractivity contribution in [3.63, 3.8) is 0 Å². The number of carbonyl (C=O) groups is 1. The normalized spacial score (nSPS) is 14.0. The summed E-state index contributed by atoms with van der Waals surface area (Å²) in [5, 5.41) is 2.84. The maximum atomic E-state index is 11.9. The van der Waals surface area contributed by atoms with E-state index in [1.807, 2.05) is 19.1 Å². The Labute approximate surface area is 116 Å². The summed E-state index contributed by atoms with van der Waals surface area (Å²) in [4.78, 5) is 11.9. The van der Waals surface area contributed by atoms with E-state index in [1.165, 1.54) is 0 Å². The summed E-state index contributed by atoms with van der Waals surface area (Å²) < 4.78 is 11.3. The lowest BCUT2D eigenvalue weighted by Gasteiger charge is -2.27. The van der Waals surface area contributed by atoms with E-state index in [-0.39, 0.29) is 5.91 Å². The van der Waals surface area contributed by atoms with Crippen LogP contribution in [0, 0.1) is 0 Å². The first-order valence-corrected chi connectivity index (χ1v) is 6.38. The van der Waals surface area contributed by atoms with Gasteiger partial charge in [-0.3, -0.25) is 4.79 Å². The van der Waals surface area contributed by atoms with Crippen LogP contribution in [-0.2, 0) is 9.47 Å². The van der Waals surface area contributed by atoms with E-state index < -0.39 is 5.60 Å². The van der Waals surface area contributed by atoms with Crippen molar-refractivity contribution in [3.05, 3.63) is 34.3 Å². The van der Waals surface area contributed by atoms with E-state index in [0.29, 0.717) is 18.7 Å². The summed E-state index contributed by atoms with van der Waals surface area (Å²) >= 11 is 3.33. The van der Waals surface area contributed by atoms with Gasteiger partial charge in [0.05, 0.1) is 6.61 Å². The Bertz CT molecular complexity index is 411. The second-order valence-electron chi connectivity index (χ2n) is 4.28. The lowest BCUT2D eigenvalue weighted by atomic mass is 10.1. The molecule has 0 aliphatic carbocycles. The minimum absolute atomic E-state index is 0.129. The van der Waals surface area contributed by atoms with Crippen LogP contribution in [0.4, 0.5) is 0 Å². The lowest BCUT2D eigenvalue weighted by molar-refractivity contribution is -0.0479. The number of ether oxygens (including phenoxy) is 2. The van der Waals surface area contributed by atoms with Gasteiger partial charge in [0.1, 0.15) is 5.60 Å². The number of carbonyl (C=O) groups excluding carboxylic acids is 1. The van der Waals surface area contributed by atoms with E-state index in [2.05, 4.69) is 21.2 Å². The smallest absolute Gasteiger partial charge is 0.251 e.